The Kier molecular flexibility index (Phi) is 8.27. The van der Waals surface area contributed by atoms with Gasteiger partial charge >= 0.3 is 6.03 Å². The van der Waals surface area contributed by atoms with Crippen molar-refractivity contribution < 1.29 is 9.59 Å². The van der Waals surface area contributed by atoms with Crippen LogP contribution in [0.4, 0.5) is 9.93 Å². The van der Waals surface area contributed by atoms with Gasteiger partial charge < -0.3 is 15.1 Å². The van der Waals surface area contributed by atoms with E-state index in [4.69, 9.17) is 0 Å². The Bertz CT molecular complexity index is 736. The number of rotatable bonds is 7. The predicted molar refractivity (Wildman–Crippen MR) is 124 cm³/mol. The molecule has 2 fully saturated rings. The van der Waals surface area contributed by atoms with E-state index in [1.54, 1.807) is 4.90 Å². The number of carbonyl (C=O) groups is 2. The van der Waals surface area contributed by atoms with Crippen LogP contribution in [-0.2, 0) is 4.79 Å². The molecule has 0 radical (unpaired) electrons. The van der Waals surface area contributed by atoms with Crippen molar-refractivity contribution in [1.29, 1.82) is 0 Å². The molecule has 9 heteroatoms. The van der Waals surface area contributed by atoms with Gasteiger partial charge in [0.25, 0.3) is 0 Å². The van der Waals surface area contributed by atoms with Gasteiger partial charge in [-0.15, -0.1) is 10.2 Å². The van der Waals surface area contributed by atoms with Crippen LogP contribution in [0, 0.1) is 11.3 Å². The summed E-state index contributed by atoms with van der Waals surface area (Å²) in [4.78, 5) is 29.1. The highest BCUT2D eigenvalue weighted by atomic mass is 32.1. The molecule has 1 saturated carbocycles. The van der Waals surface area contributed by atoms with Gasteiger partial charge in [-0.3, -0.25) is 10.1 Å². The van der Waals surface area contributed by atoms with E-state index in [1.807, 2.05) is 14.1 Å². The molecule has 8 nitrogen and oxygen atoms in total. The van der Waals surface area contributed by atoms with Gasteiger partial charge in [-0.2, -0.15) is 0 Å². The minimum absolute atomic E-state index is 0.0258. The van der Waals surface area contributed by atoms with Crippen LogP contribution in [0.15, 0.2) is 0 Å². The normalized spacial score (nSPS) is 18.9. The van der Waals surface area contributed by atoms with Crippen molar-refractivity contribution in [2.24, 2.45) is 11.3 Å². The Morgan fingerprint density at radius 3 is 2.42 bits per heavy atom. The highest BCUT2D eigenvalue weighted by Gasteiger charge is 2.29. The number of hydrogen-bond donors (Lipinski definition) is 2. The number of carbonyl (C=O) groups excluding carboxylic acids is 2. The quantitative estimate of drug-likeness (QED) is 0.663. The van der Waals surface area contributed by atoms with E-state index in [2.05, 4.69) is 39.6 Å². The zero-order chi connectivity index (χ0) is 22.4. The molecule has 3 rings (SSSR count). The second-order valence-corrected chi connectivity index (χ2v) is 11.1. The maximum absolute atomic E-state index is 12.6. The van der Waals surface area contributed by atoms with E-state index in [-0.39, 0.29) is 23.3 Å². The first-order valence-electron chi connectivity index (χ1n) is 11.6. The van der Waals surface area contributed by atoms with Crippen molar-refractivity contribution in [3.8, 4) is 0 Å². The van der Waals surface area contributed by atoms with E-state index in [0.29, 0.717) is 43.5 Å². The Balaban J connectivity index is 1.41. The Morgan fingerprint density at radius 2 is 1.77 bits per heavy atom. The van der Waals surface area contributed by atoms with Gasteiger partial charge in [0.05, 0.1) is 0 Å². The molecule has 31 heavy (non-hydrogen) atoms. The molecule has 1 aromatic rings. The smallest absolute Gasteiger partial charge is 0.323 e. The summed E-state index contributed by atoms with van der Waals surface area (Å²) in [7, 11) is 4.09. The SMILES string of the molecule is CN(C)CC(C)(C)CNC(=O)C1CCN(C(=O)Nc2nnc(C3CCCCC3)s2)CC1. The molecule has 0 aromatic carbocycles. The summed E-state index contributed by atoms with van der Waals surface area (Å²) in [6, 6.07) is -0.141. The summed E-state index contributed by atoms with van der Waals surface area (Å²) in [6.45, 7) is 7.06. The van der Waals surface area contributed by atoms with Crippen molar-refractivity contribution >= 4 is 28.4 Å². The van der Waals surface area contributed by atoms with Crippen LogP contribution in [-0.4, -0.2) is 72.2 Å². The third-order valence-electron chi connectivity index (χ3n) is 6.25. The Labute approximate surface area is 190 Å². The highest BCUT2D eigenvalue weighted by molar-refractivity contribution is 7.15. The minimum atomic E-state index is -0.141. The molecule has 0 atom stereocenters. The van der Waals surface area contributed by atoms with E-state index in [1.165, 1.54) is 43.4 Å². The number of likely N-dealkylation sites (tertiary alicyclic amines) is 1. The van der Waals surface area contributed by atoms with Gasteiger partial charge in [-0.25, -0.2) is 4.79 Å². The lowest BCUT2D eigenvalue weighted by Gasteiger charge is -2.32. The van der Waals surface area contributed by atoms with Crippen LogP contribution in [0.5, 0.6) is 0 Å². The van der Waals surface area contributed by atoms with Gasteiger partial charge in [0.2, 0.25) is 11.0 Å². The molecule has 2 heterocycles. The predicted octanol–water partition coefficient (Wildman–Crippen LogP) is 3.53. The molecule has 1 aliphatic carbocycles. The molecule has 2 aliphatic rings. The molecule has 1 saturated heterocycles. The zero-order valence-corrected chi connectivity index (χ0v) is 20.3. The summed E-state index contributed by atoms with van der Waals surface area (Å²) in [5, 5.41) is 16.1. The number of anilines is 1. The number of urea groups is 1. The van der Waals surface area contributed by atoms with Crippen molar-refractivity contribution in [3.05, 3.63) is 5.01 Å². The molecule has 0 bridgehead atoms. The fourth-order valence-corrected chi connectivity index (χ4v) is 5.60. The average Bonchev–Trinajstić information content (AvgIpc) is 3.20. The van der Waals surface area contributed by atoms with Crippen LogP contribution in [0.2, 0.25) is 0 Å². The molecule has 1 aromatic heterocycles. The number of piperidine rings is 1. The number of amides is 3. The van der Waals surface area contributed by atoms with Gasteiger partial charge in [0.1, 0.15) is 5.01 Å². The second kappa shape index (κ2) is 10.7. The van der Waals surface area contributed by atoms with Gasteiger partial charge in [-0.1, -0.05) is 44.4 Å². The van der Waals surface area contributed by atoms with Gasteiger partial charge in [0.15, 0.2) is 0 Å². The van der Waals surface area contributed by atoms with E-state index < -0.39 is 0 Å². The van der Waals surface area contributed by atoms with Crippen molar-refractivity contribution in [2.45, 2.75) is 64.7 Å². The first-order chi connectivity index (χ1) is 14.7. The molecule has 0 spiro atoms. The van der Waals surface area contributed by atoms with Gasteiger partial charge in [0, 0.05) is 38.0 Å². The molecule has 0 unspecified atom stereocenters. The van der Waals surface area contributed by atoms with Crippen LogP contribution in [0.1, 0.15) is 69.7 Å². The largest absolute Gasteiger partial charge is 0.355 e. The van der Waals surface area contributed by atoms with Crippen LogP contribution < -0.4 is 10.6 Å². The minimum Gasteiger partial charge on any atom is -0.355 e. The highest BCUT2D eigenvalue weighted by Crippen LogP contribution is 2.35. The standard InChI is InChI=1S/C22H38N6O2S/c1-22(2,15-27(3)4)14-23-18(29)16-10-12-28(13-11-16)21(30)24-20-26-25-19(31-20)17-8-6-5-7-9-17/h16-17H,5-15H2,1-4H3,(H,23,29)(H,24,26,30). The molecule has 1 aliphatic heterocycles. The fourth-order valence-electron chi connectivity index (χ4n) is 4.70. The van der Waals surface area contributed by atoms with E-state index >= 15 is 0 Å². The molecular formula is C22H38N6O2S. The number of nitrogens with zero attached hydrogens (tertiary/aromatic N) is 4. The number of aromatic nitrogens is 2. The van der Waals surface area contributed by atoms with E-state index in [9.17, 15) is 9.59 Å². The maximum Gasteiger partial charge on any atom is 0.323 e. The Hall–Kier alpha value is -1.74. The molecule has 3 amide bonds. The topological polar surface area (TPSA) is 90.5 Å². The first kappa shape index (κ1) is 23.9. The van der Waals surface area contributed by atoms with E-state index in [0.717, 1.165) is 11.6 Å². The summed E-state index contributed by atoms with van der Waals surface area (Å²) < 4.78 is 0. The van der Waals surface area contributed by atoms with Crippen LogP contribution in [0.25, 0.3) is 0 Å². The summed E-state index contributed by atoms with van der Waals surface area (Å²) in [5.41, 5.74) is 0.0258. The van der Waals surface area contributed by atoms with Crippen molar-refractivity contribution in [1.82, 2.24) is 25.3 Å². The second-order valence-electron chi connectivity index (χ2n) is 10.1. The van der Waals surface area contributed by atoms with Crippen LogP contribution >= 0.6 is 11.3 Å². The average molecular weight is 451 g/mol. The molecule has 2 N–H and O–H groups in total. The van der Waals surface area contributed by atoms with Crippen LogP contribution in [0.3, 0.4) is 0 Å². The molecular weight excluding hydrogens is 412 g/mol. The third kappa shape index (κ3) is 7.14. The number of hydrogen-bond acceptors (Lipinski definition) is 6. The molecule has 174 valence electrons. The summed E-state index contributed by atoms with van der Waals surface area (Å²) in [5.74, 6) is 0.570. The van der Waals surface area contributed by atoms with Gasteiger partial charge in [-0.05, 0) is 45.2 Å². The Morgan fingerprint density at radius 1 is 1.10 bits per heavy atom. The van der Waals surface area contributed by atoms with Crippen molar-refractivity contribution in [3.63, 3.8) is 0 Å². The monoisotopic (exact) mass is 450 g/mol. The first-order valence-corrected chi connectivity index (χ1v) is 12.4. The lowest BCUT2D eigenvalue weighted by atomic mass is 9.90. The maximum atomic E-state index is 12.6. The summed E-state index contributed by atoms with van der Waals surface area (Å²) in [6.07, 6.45) is 7.53. The lowest BCUT2D eigenvalue weighted by molar-refractivity contribution is -0.126. The zero-order valence-electron chi connectivity index (χ0n) is 19.4. The van der Waals surface area contributed by atoms with Crippen molar-refractivity contribution in [2.75, 3.05) is 45.6 Å². The third-order valence-corrected chi connectivity index (χ3v) is 7.25. The summed E-state index contributed by atoms with van der Waals surface area (Å²) >= 11 is 1.50. The fraction of sp³-hybridized carbons (Fsp3) is 0.818. The lowest BCUT2D eigenvalue weighted by Crippen LogP contribution is -2.46. The number of nitrogens with one attached hydrogen (secondary N) is 2.